The molecule has 3 nitrogen and oxygen atoms in total. The number of rotatable bonds is 3. The van der Waals surface area contributed by atoms with E-state index in [2.05, 4.69) is 30.4 Å². The molecule has 0 bridgehead atoms. The third-order valence-electron chi connectivity index (χ3n) is 4.96. The van der Waals surface area contributed by atoms with Gasteiger partial charge in [0.15, 0.2) is 0 Å². The summed E-state index contributed by atoms with van der Waals surface area (Å²) in [7, 11) is 1.84. The summed E-state index contributed by atoms with van der Waals surface area (Å²) in [6, 6.07) is 2.06. The Bertz CT molecular complexity index is 609. The predicted molar refractivity (Wildman–Crippen MR) is 89.1 cm³/mol. The number of aromatic nitrogens is 1. The van der Waals surface area contributed by atoms with Crippen LogP contribution in [0.5, 0.6) is 0 Å². The average Bonchev–Trinajstić information content (AvgIpc) is 2.54. The van der Waals surface area contributed by atoms with Crippen molar-refractivity contribution in [2.24, 2.45) is 18.9 Å². The predicted octanol–water partition coefficient (Wildman–Crippen LogP) is 3.34. The Morgan fingerprint density at radius 3 is 2.68 bits per heavy atom. The van der Waals surface area contributed by atoms with Crippen molar-refractivity contribution >= 4 is 0 Å². The van der Waals surface area contributed by atoms with Crippen LogP contribution in [0, 0.1) is 18.8 Å². The van der Waals surface area contributed by atoms with Crippen molar-refractivity contribution in [1.29, 1.82) is 0 Å². The molecule has 1 aliphatic carbocycles. The first-order chi connectivity index (χ1) is 10.6. The van der Waals surface area contributed by atoms with Crippen molar-refractivity contribution in [3.8, 4) is 0 Å². The van der Waals surface area contributed by atoms with E-state index in [1.165, 1.54) is 24.8 Å². The monoisotopic (exact) mass is 299 g/mol. The zero-order valence-corrected chi connectivity index (χ0v) is 13.5. The molecule has 2 atom stereocenters. The molecule has 0 amide bonds. The van der Waals surface area contributed by atoms with Gasteiger partial charge in [-0.2, -0.15) is 0 Å². The van der Waals surface area contributed by atoms with Crippen LogP contribution in [0.2, 0.25) is 0 Å². The summed E-state index contributed by atoms with van der Waals surface area (Å²) >= 11 is 0. The number of nitrogens with zero attached hydrogens (tertiary/aromatic N) is 1. The molecule has 0 radical (unpaired) electrons. The van der Waals surface area contributed by atoms with Crippen LogP contribution in [0.3, 0.4) is 0 Å². The average molecular weight is 299 g/mol. The third-order valence-corrected chi connectivity index (χ3v) is 4.96. The van der Waals surface area contributed by atoms with Gasteiger partial charge in [-0.15, -0.1) is 0 Å². The molecule has 1 aliphatic heterocycles. The van der Waals surface area contributed by atoms with E-state index in [9.17, 15) is 4.79 Å². The van der Waals surface area contributed by atoms with Crippen molar-refractivity contribution < 1.29 is 4.74 Å². The largest absolute Gasteiger partial charge is 0.381 e. The first kappa shape index (κ1) is 15.3. The van der Waals surface area contributed by atoms with Gasteiger partial charge in [0, 0.05) is 37.9 Å². The van der Waals surface area contributed by atoms with Gasteiger partial charge >= 0.3 is 0 Å². The summed E-state index contributed by atoms with van der Waals surface area (Å²) in [5, 5.41) is 0. The molecule has 2 heterocycles. The van der Waals surface area contributed by atoms with E-state index in [1.807, 2.05) is 20.2 Å². The van der Waals surface area contributed by atoms with E-state index in [4.69, 9.17) is 4.74 Å². The topological polar surface area (TPSA) is 31.2 Å². The van der Waals surface area contributed by atoms with Crippen LogP contribution >= 0.6 is 0 Å². The lowest BCUT2D eigenvalue weighted by atomic mass is 9.77. The minimum Gasteiger partial charge on any atom is -0.381 e. The van der Waals surface area contributed by atoms with Crippen molar-refractivity contribution in [2.75, 3.05) is 13.2 Å². The Morgan fingerprint density at radius 2 is 1.95 bits per heavy atom. The molecule has 22 heavy (non-hydrogen) atoms. The van der Waals surface area contributed by atoms with Crippen LogP contribution in [0.1, 0.15) is 36.3 Å². The Hall–Kier alpha value is -1.61. The Balaban J connectivity index is 1.82. The first-order valence-electron chi connectivity index (χ1n) is 8.25. The van der Waals surface area contributed by atoms with Crippen molar-refractivity contribution in [2.45, 2.75) is 32.1 Å². The zero-order valence-electron chi connectivity index (χ0n) is 13.5. The summed E-state index contributed by atoms with van der Waals surface area (Å²) in [4.78, 5) is 11.9. The van der Waals surface area contributed by atoms with Crippen LogP contribution in [0.15, 0.2) is 41.4 Å². The quantitative estimate of drug-likeness (QED) is 0.857. The molecular weight excluding hydrogens is 274 g/mol. The van der Waals surface area contributed by atoms with E-state index in [-0.39, 0.29) is 5.56 Å². The minimum atomic E-state index is 0.0973. The Labute approximate surface area is 132 Å². The van der Waals surface area contributed by atoms with Gasteiger partial charge in [0.25, 0.3) is 5.56 Å². The fourth-order valence-electron chi connectivity index (χ4n) is 3.70. The zero-order chi connectivity index (χ0) is 15.5. The van der Waals surface area contributed by atoms with Gasteiger partial charge in [-0.25, -0.2) is 0 Å². The molecule has 0 aromatic carbocycles. The normalized spacial score (nSPS) is 25.5. The molecule has 2 aliphatic rings. The second kappa shape index (κ2) is 6.66. The molecule has 3 heteroatoms. The van der Waals surface area contributed by atoms with Gasteiger partial charge < -0.3 is 9.30 Å². The number of hydrogen-bond acceptors (Lipinski definition) is 2. The molecule has 118 valence electrons. The molecule has 0 N–H and O–H groups in total. The standard InChI is InChI=1S/C19H25NO2/c1-14-11-17(13-20(2)19(14)21)18-6-4-3-5-16(18)12-15-7-9-22-10-8-15/h3-6,11,13,15-16,18H,7-10,12H2,1-2H3. The molecular formula is C19H25NO2. The van der Waals surface area contributed by atoms with Gasteiger partial charge in [-0.3, -0.25) is 4.79 Å². The van der Waals surface area contributed by atoms with Crippen molar-refractivity contribution in [1.82, 2.24) is 4.57 Å². The Morgan fingerprint density at radius 1 is 1.23 bits per heavy atom. The van der Waals surface area contributed by atoms with Crippen LogP contribution in [-0.4, -0.2) is 17.8 Å². The maximum absolute atomic E-state index is 11.9. The van der Waals surface area contributed by atoms with E-state index in [0.717, 1.165) is 24.7 Å². The fraction of sp³-hybridized carbons (Fsp3) is 0.526. The van der Waals surface area contributed by atoms with Crippen LogP contribution < -0.4 is 5.56 Å². The van der Waals surface area contributed by atoms with Gasteiger partial charge in [-0.05, 0) is 49.7 Å². The number of pyridine rings is 1. The number of ether oxygens (including phenoxy) is 1. The van der Waals surface area contributed by atoms with Gasteiger partial charge in [0.1, 0.15) is 0 Å². The molecule has 3 rings (SSSR count). The lowest BCUT2D eigenvalue weighted by Gasteiger charge is -2.30. The van der Waals surface area contributed by atoms with Gasteiger partial charge in [-0.1, -0.05) is 24.3 Å². The van der Waals surface area contributed by atoms with E-state index >= 15 is 0 Å². The summed E-state index contributed by atoms with van der Waals surface area (Å²) in [5.41, 5.74) is 2.17. The highest BCUT2D eigenvalue weighted by atomic mass is 16.5. The van der Waals surface area contributed by atoms with Crippen molar-refractivity contribution in [3.05, 3.63) is 58.0 Å². The van der Waals surface area contributed by atoms with E-state index in [1.54, 1.807) is 4.57 Å². The highest BCUT2D eigenvalue weighted by Crippen LogP contribution is 2.36. The first-order valence-corrected chi connectivity index (χ1v) is 8.25. The molecule has 0 saturated carbocycles. The lowest BCUT2D eigenvalue weighted by Crippen LogP contribution is -2.24. The highest BCUT2D eigenvalue weighted by molar-refractivity contribution is 5.31. The van der Waals surface area contributed by atoms with Gasteiger partial charge in [0.2, 0.25) is 0 Å². The summed E-state index contributed by atoms with van der Waals surface area (Å²) in [5.74, 6) is 1.65. The smallest absolute Gasteiger partial charge is 0.253 e. The molecule has 2 unspecified atom stereocenters. The summed E-state index contributed by atoms with van der Waals surface area (Å²) in [6.45, 7) is 3.71. The number of hydrogen-bond donors (Lipinski definition) is 0. The second-order valence-electron chi connectivity index (χ2n) is 6.62. The number of allylic oxidation sites excluding steroid dienone is 4. The molecule has 0 spiro atoms. The fourth-order valence-corrected chi connectivity index (χ4v) is 3.70. The van der Waals surface area contributed by atoms with Gasteiger partial charge in [0.05, 0.1) is 0 Å². The van der Waals surface area contributed by atoms with Crippen LogP contribution in [-0.2, 0) is 11.8 Å². The maximum atomic E-state index is 11.9. The molecule has 1 aromatic heterocycles. The lowest BCUT2D eigenvalue weighted by molar-refractivity contribution is 0.0599. The summed E-state index contributed by atoms with van der Waals surface area (Å²) < 4.78 is 7.19. The van der Waals surface area contributed by atoms with Crippen molar-refractivity contribution in [3.63, 3.8) is 0 Å². The van der Waals surface area contributed by atoms with Crippen LogP contribution in [0.4, 0.5) is 0 Å². The molecule has 1 fully saturated rings. The minimum absolute atomic E-state index is 0.0973. The second-order valence-corrected chi connectivity index (χ2v) is 6.62. The maximum Gasteiger partial charge on any atom is 0.253 e. The van der Waals surface area contributed by atoms with Crippen LogP contribution in [0.25, 0.3) is 0 Å². The van der Waals surface area contributed by atoms with E-state index in [0.29, 0.717) is 11.8 Å². The Kier molecular flexibility index (Phi) is 4.63. The molecule has 1 aromatic rings. The highest BCUT2D eigenvalue weighted by Gasteiger charge is 2.25. The molecule has 1 saturated heterocycles. The number of aryl methyl sites for hydroxylation is 2. The van der Waals surface area contributed by atoms with E-state index < -0.39 is 0 Å². The summed E-state index contributed by atoms with van der Waals surface area (Å²) in [6.07, 6.45) is 14.5. The SMILES string of the molecule is Cc1cc(C2C=CC=CC2CC2CCOCC2)cn(C)c1=O. The third kappa shape index (κ3) is 3.25.